The Morgan fingerprint density at radius 1 is 0.976 bits per heavy atom. The summed E-state index contributed by atoms with van der Waals surface area (Å²) in [6.07, 6.45) is 8.05. The highest BCUT2D eigenvalue weighted by atomic mass is 35.5. The number of aromatic nitrogens is 3. The molecule has 1 saturated carbocycles. The van der Waals surface area contributed by atoms with E-state index in [1.807, 2.05) is 6.07 Å². The van der Waals surface area contributed by atoms with Crippen molar-refractivity contribution < 1.29 is 13.2 Å². The van der Waals surface area contributed by atoms with Crippen LogP contribution in [0.25, 0.3) is 33.3 Å². The molecule has 2 aliphatic rings. The molecule has 2 aromatic carbocycles. The van der Waals surface area contributed by atoms with Crippen LogP contribution >= 0.6 is 23.2 Å². The van der Waals surface area contributed by atoms with Gasteiger partial charge in [0.1, 0.15) is 23.6 Å². The Hall–Kier alpha value is -2.64. The summed E-state index contributed by atoms with van der Waals surface area (Å²) >= 11 is 10.3. The molecule has 42 heavy (non-hydrogen) atoms. The van der Waals surface area contributed by atoms with Crippen LogP contribution in [0.1, 0.15) is 31.7 Å². The summed E-state index contributed by atoms with van der Waals surface area (Å²) in [5.74, 6) is -0.00462. The zero-order valence-corrected chi connectivity index (χ0v) is 25.5. The number of halogens is 3. The molecule has 1 aliphatic heterocycles. The van der Waals surface area contributed by atoms with E-state index < -0.39 is 17.1 Å². The highest BCUT2D eigenvalue weighted by molar-refractivity contribution is 7.76. The smallest absolute Gasteiger partial charge is 0.146 e. The molecule has 9 nitrogen and oxygen atoms in total. The van der Waals surface area contributed by atoms with E-state index in [1.54, 1.807) is 24.3 Å². The van der Waals surface area contributed by atoms with E-state index in [4.69, 9.17) is 37.7 Å². The van der Waals surface area contributed by atoms with E-state index in [1.165, 1.54) is 12.4 Å². The minimum Gasteiger partial charge on any atom is -0.760 e. The fourth-order valence-electron chi connectivity index (χ4n) is 6.13. The molecule has 0 spiro atoms. The van der Waals surface area contributed by atoms with E-state index in [0.29, 0.717) is 44.6 Å². The lowest BCUT2D eigenvalue weighted by Gasteiger charge is -2.41. The first kappa shape index (κ1) is 30.8. The second-order valence-corrected chi connectivity index (χ2v) is 12.1. The minimum absolute atomic E-state index is 0.315. The van der Waals surface area contributed by atoms with E-state index in [2.05, 4.69) is 42.7 Å². The molecular formula is C29H33Cl2FN7O2S-. The summed E-state index contributed by atoms with van der Waals surface area (Å²) in [6.45, 7) is 4.57. The molecule has 0 bridgehead atoms. The predicted molar refractivity (Wildman–Crippen MR) is 166 cm³/mol. The second kappa shape index (κ2) is 13.3. The number of rotatable bonds is 4. The zero-order chi connectivity index (χ0) is 30.0. The maximum atomic E-state index is 15.5. The van der Waals surface area contributed by atoms with Gasteiger partial charge in [-0.05, 0) is 56.5 Å². The number of benzene rings is 2. The molecule has 1 atom stereocenters. The third-order valence-electron chi connectivity index (χ3n) is 8.26. The Balaban J connectivity index is 0.000000830. The Morgan fingerprint density at radius 3 is 2.21 bits per heavy atom. The van der Waals surface area contributed by atoms with Gasteiger partial charge in [-0.1, -0.05) is 41.4 Å². The van der Waals surface area contributed by atoms with Crippen molar-refractivity contribution in [3.63, 3.8) is 0 Å². The van der Waals surface area contributed by atoms with Crippen molar-refractivity contribution in [2.75, 3.05) is 39.0 Å². The summed E-state index contributed by atoms with van der Waals surface area (Å²) in [7, 11) is 2.20. The molecule has 2 aromatic heterocycles. The average Bonchev–Trinajstić information content (AvgIpc) is 3.35. The molecular weight excluding hydrogens is 600 g/mol. The molecule has 224 valence electrons. The number of likely N-dealkylation sites (N-methyl/N-ethyl adjacent to an activating group) is 1. The van der Waals surface area contributed by atoms with Crippen LogP contribution in [0.3, 0.4) is 0 Å². The molecule has 0 amide bonds. The standard InChI is InChI=1S/C29H31Cl2FN6.H3NO2S/c1-36-11-13-37(14-12-36)19-6-8-20(9-7-19)38-16-22(27-28(33)34-17-35-29(27)38)18-5-10-21(25(32)15-18)26-23(30)3-2-4-24(26)31;1-4(2)3/h2-5,10,15-17,19-20H,6-9,11-14H2,1H3,(H2,33,34,35);1H2,(H,2,3)/p-1. The third-order valence-corrected chi connectivity index (χ3v) is 8.89. The summed E-state index contributed by atoms with van der Waals surface area (Å²) in [6, 6.07) is 11.2. The zero-order valence-electron chi connectivity index (χ0n) is 23.2. The summed E-state index contributed by atoms with van der Waals surface area (Å²) in [5, 5.41) is 5.60. The van der Waals surface area contributed by atoms with Crippen molar-refractivity contribution in [3.05, 3.63) is 64.8 Å². The maximum absolute atomic E-state index is 15.5. The fourth-order valence-corrected chi connectivity index (χ4v) is 6.74. The van der Waals surface area contributed by atoms with E-state index in [-0.39, 0.29) is 0 Å². The number of hydrogen-bond donors (Lipinski definition) is 2. The van der Waals surface area contributed by atoms with Gasteiger partial charge in [0.05, 0.1) is 5.39 Å². The van der Waals surface area contributed by atoms with E-state index >= 15 is 4.39 Å². The monoisotopic (exact) mass is 632 g/mol. The van der Waals surface area contributed by atoms with Crippen molar-refractivity contribution in [3.8, 4) is 22.3 Å². The van der Waals surface area contributed by atoms with Gasteiger partial charge in [0, 0.05) is 82.5 Å². The first-order valence-electron chi connectivity index (χ1n) is 13.8. The number of fused-ring (bicyclic) bond motifs is 1. The van der Waals surface area contributed by atoms with Gasteiger partial charge in [0.15, 0.2) is 0 Å². The quantitative estimate of drug-likeness (QED) is 0.293. The first-order chi connectivity index (χ1) is 20.1. The lowest BCUT2D eigenvalue weighted by Crippen LogP contribution is -2.49. The van der Waals surface area contributed by atoms with Gasteiger partial charge in [-0.2, -0.15) is 0 Å². The van der Waals surface area contributed by atoms with Crippen molar-refractivity contribution >= 4 is 51.3 Å². The summed E-state index contributed by atoms with van der Waals surface area (Å²) in [4.78, 5) is 13.9. The van der Waals surface area contributed by atoms with Crippen molar-refractivity contribution in [2.24, 2.45) is 5.14 Å². The number of piperazine rings is 1. The van der Waals surface area contributed by atoms with Gasteiger partial charge in [0.2, 0.25) is 0 Å². The number of hydrogen-bond acceptors (Lipinski definition) is 7. The highest BCUT2D eigenvalue weighted by Crippen LogP contribution is 2.41. The van der Waals surface area contributed by atoms with Crippen molar-refractivity contribution in [1.29, 1.82) is 0 Å². The second-order valence-electron chi connectivity index (χ2n) is 10.8. The largest absolute Gasteiger partial charge is 0.760 e. The summed E-state index contributed by atoms with van der Waals surface area (Å²) < 4.78 is 35.3. The van der Waals surface area contributed by atoms with Gasteiger partial charge in [-0.15, -0.1) is 0 Å². The normalized spacial score (nSPS) is 20.7. The number of nitrogens with zero attached hydrogens (tertiary/aromatic N) is 5. The number of anilines is 1. The van der Waals surface area contributed by atoms with Crippen LogP contribution in [-0.4, -0.2) is 72.4 Å². The van der Waals surface area contributed by atoms with Gasteiger partial charge in [-0.25, -0.2) is 14.4 Å². The molecule has 1 unspecified atom stereocenters. The first-order valence-corrected chi connectivity index (χ1v) is 15.6. The summed E-state index contributed by atoms with van der Waals surface area (Å²) in [5.41, 5.74) is 9.55. The van der Waals surface area contributed by atoms with Crippen molar-refractivity contribution in [2.45, 2.75) is 37.8 Å². The lowest BCUT2D eigenvalue weighted by atomic mass is 9.89. The van der Waals surface area contributed by atoms with Crippen LogP contribution in [0.2, 0.25) is 10.0 Å². The lowest BCUT2D eigenvalue weighted by molar-refractivity contribution is 0.0828. The number of nitrogen functional groups attached to an aromatic ring is 1. The van der Waals surface area contributed by atoms with Crippen molar-refractivity contribution in [1.82, 2.24) is 24.3 Å². The van der Waals surface area contributed by atoms with Crippen LogP contribution in [0, 0.1) is 5.82 Å². The fraction of sp³-hybridized carbons (Fsp3) is 0.379. The molecule has 13 heteroatoms. The van der Waals surface area contributed by atoms with Crippen LogP contribution in [0.15, 0.2) is 48.9 Å². The molecule has 6 rings (SSSR count). The molecule has 3 heterocycles. The Kier molecular flexibility index (Phi) is 9.78. The van der Waals surface area contributed by atoms with E-state index in [0.717, 1.165) is 68.5 Å². The molecule has 0 radical (unpaired) electrons. The predicted octanol–water partition coefficient (Wildman–Crippen LogP) is 5.26. The Labute approximate surface area is 257 Å². The Morgan fingerprint density at radius 2 is 1.60 bits per heavy atom. The minimum atomic E-state index is -2.36. The number of nitrogens with two attached hydrogens (primary N) is 2. The topological polar surface area (TPSA) is 129 Å². The van der Waals surface area contributed by atoms with Gasteiger partial charge >= 0.3 is 0 Å². The molecule has 1 aliphatic carbocycles. The molecule has 4 aromatic rings. The van der Waals surface area contributed by atoms with Crippen LogP contribution in [0.5, 0.6) is 0 Å². The SMILES string of the molecule is CN1CCN(C2CCC(n3cc(-c4ccc(-c5c(Cl)cccc5Cl)c(F)c4)c4c(N)ncnc43)CC2)CC1.NS(=O)[O-]. The Bertz CT molecular complexity index is 1560. The van der Waals surface area contributed by atoms with Crippen LogP contribution in [0.4, 0.5) is 10.2 Å². The maximum Gasteiger partial charge on any atom is 0.146 e. The molecule has 2 fully saturated rings. The van der Waals surface area contributed by atoms with E-state index in [9.17, 15) is 0 Å². The van der Waals surface area contributed by atoms with Gasteiger partial charge < -0.3 is 19.8 Å². The van der Waals surface area contributed by atoms with Crippen LogP contribution in [-0.2, 0) is 11.3 Å². The van der Waals surface area contributed by atoms with Crippen LogP contribution < -0.4 is 10.9 Å². The third kappa shape index (κ3) is 6.62. The average molecular weight is 634 g/mol. The highest BCUT2D eigenvalue weighted by Gasteiger charge is 2.30. The molecule has 1 saturated heterocycles. The van der Waals surface area contributed by atoms with Gasteiger partial charge in [0.25, 0.3) is 0 Å². The molecule has 4 N–H and O–H groups in total. The van der Waals surface area contributed by atoms with Gasteiger partial charge in [-0.3, -0.25) is 14.2 Å².